The number of hydrogen-bond donors (Lipinski definition) is 6. The molecule has 0 unspecified atom stereocenters. The first-order valence-electron chi connectivity index (χ1n) is 5.65. The number of hydrogen-bond acceptors (Lipinski definition) is 4. The van der Waals surface area contributed by atoms with Crippen molar-refractivity contribution >= 4 is 40.9 Å². The van der Waals surface area contributed by atoms with Crippen molar-refractivity contribution in [2.75, 3.05) is 11.5 Å². The normalized spacial score (nSPS) is 15.0. The van der Waals surface area contributed by atoms with Crippen molar-refractivity contribution in [1.29, 1.82) is 0 Å². The second-order valence-electron chi connectivity index (χ2n) is 3.77. The van der Waals surface area contributed by atoms with Gasteiger partial charge in [-0.15, -0.1) is 6.58 Å². The molecule has 0 aromatic rings. The van der Waals surface area contributed by atoms with E-state index in [2.05, 4.69) is 24.5 Å². The van der Waals surface area contributed by atoms with E-state index >= 15 is 0 Å². The van der Waals surface area contributed by atoms with Gasteiger partial charge in [-0.05, 0) is 6.42 Å². The van der Waals surface area contributed by atoms with Crippen LogP contribution in [-0.2, 0) is 9.59 Å². The number of carboxylic acid groups (broad SMARTS) is 1. The van der Waals surface area contributed by atoms with Gasteiger partial charge >= 0.3 is 5.97 Å². The average Bonchev–Trinajstić information content (AvgIpc) is 2.38. The number of aliphatic hydroxyl groups excluding tert-OH is 1. The van der Waals surface area contributed by atoms with Crippen LogP contribution in [0, 0.1) is 0 Å². The van der Waals surface area contributed by atoms with Gasteiger partial charge in [-0.1, -0.05) is 6.08 Å². The Morgan fingerprint density at radius 1 is 1.47 bits per heavy atom. The molecular formula is C11H20N2O4S2. The first-order valence-corrected chi connectivity index (χ1v) is 7.36. The molecule has 110 valence electrons. The van der Waals surface area contributed by atoms with Crippen molar-refractivity contribution in [2.24, 2.45) is 5.73 Å². The summed E-state index contributed by atoms with van der Waals surface area (Å²) in [6.07, 6.45) is 1.52. The fraction of sp³-hybridized carbons (Fsp3) is 0.545. The lowest BCUT2D eigenvalue weighted by atomic mass is 10.1. The summed E-state index contributed by atoms with van der Waals surface area (Å²) in [6.45, 7) is 3.53. The van der Waals surface area contributed by atoms with E-state index in [-0.39, 0.29) is 23.6 Å². The van der Waals surface area contributed by atoms with Crippen LogP contribution in [0.4, 0.5) is 0 Å². The standard InChI is InChI=1S/C11H20N2O4S2/c1-2-5-19-11(17)8(6-18)13-10(16)7(12)3-4-9(14)15/h2,7-8,17-19H,1,3-6,12H2,(H,13,16)(H,14,15)/t7-,8-/m0/s1. The topological polar surface area (TPSA) is 113 Å². The quantitative estimate of drug-likeness (QED) is 0.203. The fourth-order valence-corrected chi connectivity index (χ4v) is 2.25. The Balaban J connectivity index is 4.40. The molecule has 19 heavy (non-hydrogen) atoms. The number of amides is 1. The van der Waals surface area contributed by atoms with Gasteiger partial charge in [0.1, 0.15) is 0 Å². The van der Waals surface area contributed by atoms with Crippen LogP contribution in [0.5, 0.6) is 0 Å². The van der Waals surface area contributed by atoms with Crippen LogP contribution in [0.3, 0.4) is 0 Å². The smallest absolute Gasteiger partial charge is 0.303 e. The van der Waals surface area contributed by atoms with E-state index in [4.69, 9.17) is 10.8 Å². The van der Waals surface area contributed by atoms with Crippen LogP contribution in [-0.4, -0.2) is 50.7 Å². The molecule has 0 saturated carbocycles. The maximum atomic E-state index is 11.7. The van der Waals surface area contributed by atoms with Gasteiger partial charge in [0.05, 0.1) is 17.1 Å². The lowest BCUT2D eigenvalue weighted by Crippen LogP contribution is -2.49. The van der Waals surface area contributed by atoms with Gasteiger partial charge in [-0.25, -0.2) is 0 Å². The predicted molar refractivity (Wildman–Crippen MR) is 82.3 cm³/mol. The number of aliphatic carboxylic acids is 1. The summed E-state index contributed by atoms with van der Waals surface area (Å²) < 4.78 is 0. The largest absolute Gasteiger partial charge is 0.481 e. The second-order valence-corrected chi connectivity index (χ2v) is 5.27. The van der Waals surface area contributed by atoms with E-state index in [1.54, 1.807) is 6.08 Å². The van der Waals surface area contributed by atoms with Gasteiger partial charge in [0.25, 0.3) is 0 Å². The number of rotatable bonds is 9. The summed E-state index contributed by atoms with van der Waals surface area (Å²) in [7, 11) is 0. The Hall–Kier alpha value is -0.830. The van der Waals surface area contributed by atoms with Crippen molar-refractivity contribution in [3.8, 4) is 0 Å². The van der Waals surface area contributed by atoms with Gasteiger partial charge in [0.15, 0.2) is 0 Å². The Morgan fingerprint density at radius 2 is 2.11 bits per heavy atom. The van der Waals surface area contributed by atoms with Crippen LogP contribution in [0.15, 0.2) is 12.7 Å². The highest BCUT2D eigenvalue weighted by Crippen LogP contribution is 2.00. The molecule has 2 atom stereocenters. The van der Waals surface area contributed by atoms with E-state index in [0.717, 1.165) is 0 Å². The minimum absolute atomic E-state index is 0.0472. The monoisotopic (exact) mass is 308 g/mol. The van der Waals surface area contributed by atoms with Crippen LogP contribution in [0.1, 0.15) is 12.8 Å². The summed E-state index contributed by atoms with van der Waals surface area (Å²) in [5, 5.41) is 20.9. The molecule has 0 bridgehead atoms. The third-order valence-electron chi connectivity index (χ3n) is 2.20. The van der Waals surface area contributed by atoms with Crippen molar-refractivity contribution < 1.29 is 19.8 Å². The minimum Gasteiger partial charge on any atom is -0.481 e. The molecule has 0 saturated heterocycles. The van der Waals surface area contributed by atoms with E-state index < -0.39 is 24.0 Å². The zero-order valence-electron chi connectivity index (χ0n) is 10.5. The van der Waals surface area contributed by atoms with Gasteiger partial charge in [0.2, 0.25) is 5.91 Å². The molecule has 0 aliphatic heterocycles. The third kappa shape index (κ3) is 8.04. The first kappa shape index (κ1) is 18.2. The molecule has 0 radical (unpaired) electrons. The predicted octanol–water partition coefficient (Wildman–Crippen LogP) is -0.0675. The minimum atomic E-state index is -1.01. The van der Waals surface area contributed by atoms with Crippen molar-refractivity contribution in [1.82, 2.24) is 5.32 Å². The number of aliphatic hydroxyl groups is 1. The summed E-state index contributed by atoms with van der Waals surface area (Å²) in [5.41, 5.74) is 5.56. The molecule has 0 aliphatic carbocycles. The molecule has 0 aromatic heterocycles. The SMILES string of the molecule is C=CC[SH]=C(O)[C@H](CS)NC(=O)[C@@H](N)CCC(=O)O. The van der Waals surface area contributed by atoms with Crippen LogP contribution in [0.2, 0.25) is 0 Å². The lowest BCUT2D eigenvalue weighted by molar-refractivity contribution is -0.137. The van der Waals surface area contributed by atoms with E-state index in [0.29, 0.717) is 17.1 Å². The number of carbonyl (C=O) groups is 2. The number of carboxylic acids is 1. The Morgan fingerprint density at radius 3 is 2.58 bits per heavy atom. The number of thiol groups is 2. The molecule has 0 aromatic carbocycles. The van der Waals surface area contributed by atoms with E-state index in [9.17, 15) is 14.7 Å². The molecule has 8 heteroatoms. The van der Waals surface area contributed by atoms with Crippen molar-refractivity contribution in [3.05, 3.63) is 12.7 Å². The van der Waals surface area contributed by atoms with Gasteiger partial charge in [-0.2, -0.15) is 24.0 Å². The lowest BCUT2D eigenvalue weighted by Gasteiger charge is -2.18. The van der Waals surface area contributed by atoms with E-state index in [1.165, 1.54) is 0 Å². The zero-order chi connectivity index (χ0) is 14.8. The first-order chi connectivity index (χ1) is 8.92. The Bertz CT molecular complexity index is 361. The van der Waals surface area contributed by atoms with Crippen LogP contribution in [0.25, 0.3) is 0 Å². The maximum absolute atomic E-state index is 11.7. The summed E-state index contributed by atoms with van der Waals surface area (Å²) in [4.78, 5) is 22.1. The zero-order valence-corrected chi connectivity index (χ0v) is 12.2. The van der Waals surface area contributed by atoms with Crippen LogP contribution >= 0.6 is 24.0 Å². The number of nitrogens with two attached hydrogens (primary N) is 1. The molecule has 1 amide bonds. The molecule has 0 heterocycles. The highest BCUT2D eigenvalue weighted by Gasteiger charge is 2.19. The molecule has 6 nitrogen and oxygen atoms in total. The van der Waals surface area contributed by atoms with Crippen LogP contribution < -0.4 is 11.1 Å². The highest BCUT2D eigenvalue weighted by atomic mass is 32.1. The molecule has 5 N–H and O–H groups in total. The molecular weight excluding hydrogens is 288 g/mol. The summed E-state index contributed by atoms with van der Waals surface area (Å²) >= 11 is 4.68. The van der Waals surface area contributed by atoms with E-state index in [1.807, 2.05) is 0 Å². The Labute approximate surface area is 121 Å². The van der Waals surface area contributed by atoms with Gasteiger partial charge < -0.3 is 21.3 Å². The van der Waals surface area contributed by atoms with Gasteiger partial charge in [-0.3, -0.25) is 9.59 Å². The number of nitrogens with one attached hydrogen (secondary N) is 1. The second kappa shape index (κ2) is 10.0. The Kier molecular flexibility index (Phi) is 9.58. The third-order valence-corrected chi connectivity index (χ3v) is 3.64. The molecule has 0 fully saturated rings. The van der Waals surface area contributed by atoms with Crippen molar-refractivity contribution in [3.63, 3.8) is 0 Å². The van der Waals surface area contributed by atoms with Gasteiger partial charge in [0, 0.05) is 17.9 Å². The highest BCUT2D eigenvalue weighted by molar-refractivity contribution is 7.98. The fourth-order valence-electron chi connectivity index (χ4n) is 1.15. The molecule has 0 rings (SSSR count). The molecule has 0 aliphatic rings. The number of carbonyl (C=O) groups excluding carboxylic acids is 1. The average molecular weight is 308 g/mol. The maximum Gasteiger partial charge on any atom is 0.303 e. The summed E-state index contributed by atoms with van der Waals surface area (Å²) in [6, 6.07) is -1.52. The molecule has 0 spiro atoms. The summed E-state index contributed by atoms with van der Waals surface area (Å²) in [5.74, 6) is -0.710. The van der Waals surface area contributed by atoms with Crippen molar-refractivity contribution in [2.45, 2.75) is 24.9 Å².